The fourth-order valence-corrected chi connectivity index (χ4v) is 1.36. The van der Waals surface area contributed by atoms with Crippen molar-refractivity contribution in [1.82, 2.24) is 4.98 Å². The van der Waals surface area contributed by atoms with Crippen molar-refractivity contribution in [2.45, 2.75) is 19.1 Å². The molecule has 2 atom stereocenters. The number of anilines is 1. The van der Waals surface area contributed by atoms with Crippen LogP contribution in [0.3, 0.4) is 0 Å². The molecule has 1 aromatic rings. The lowest BCUT2D eigenvalue weighted by Crippen LogP contribution is -2.20. The molecule has 2 unspecified atom stereocenters. The number of hydrogen-bond acceptors (Lipinski definition) is 4. The molecule has 0 bridgehead atoms. The van der Waals surface area contributed by atoms with Gasteiger partial charge in [0.05, 0.1) is 12.0 Å². The molecule has 0 fully saturated rings. The summed E-state index contributed by atoms with van der Waals surface area (Å²) in [5.74, 6) is 0.365. The van der Waals surface area contributed by atoms with Gasteiger partial charge >= 0.3 is 0 Å². The molecule has 0 saturated heterocycles. The monoisotopic (exact) mass is 216 g/mol. The highest BCUT2D eigenvalue weighted by Crippen LogP contribution is 2.21. The molecule has 1 rings (SSSR count). The lowest BCUT2D eigenvalue weighted by molar-refractivity contribution is 0.0321. The van der Waals surface area contributed by atoms with E-state index in [2.05, 4.69) is 4.98 Å². The molecular formula is C9H13ClN2O2. The number of aliphatic hydroxyl groups is 2. The third-order valence-corrected chi connectivity index (χ3v) is 2.33. The van der Waals surface area contributed by atoms with Crippen molar-refractivity contribution in [1.29, 1.82) is 0 Å². The van der Waals surface area contributed by atoms with Crippen LogP contribution in [0.1, 0.15) is 17.2 Å². The summed E-state index contributed by atoms with van der Waals surface area (Å²) in [4.78, 5) is 3.84. The van der Waals surface area contributed by atoms with Crippen molar-refractivity contribution in [3.05, 3.63) is 23.4 Å². The Labute approximate surface area is 87.3 Å². The third-order valence-electron chi connectivity index (χ3n) is 2.01. The fraction of sp³-hybridized carbons (Fsp3) is 0.444. The van der Waals surface area contributed by atoms with Gasteiger partial charge in [-0.3, -0.25) is 0 Å². The smallest absolute Gasteiger partial charge is 0.123 e. The zero-order chi connectivity index (χ0) is 10.7. The molecule has 1 heterocycles. The summed E-state index contributed by atoms with van der Waals surface area (Å²) in [5, 5.41) is 19.0. The van der Waals surface area contributed by atoms with Crippen LogP contribution in [0.2, 0.25) is 0 Å². The van der Waals surface area contributed by atoms with Gasteiger partial charge in [0.25, 0.3) is 0 Å². The first-order chi connectivity index (χ1) is 6.56. The van der Waals surface area contributed by atoms with E-state index in [1.54, 1.807) is 13.0 Å². The van der Waals surface area contributed by atoms with Crippen LogP contribution in [0.15, 0.2) is 12.3 Å². The number of aliphatic hydroxyl groups excluding tert-OH is 2. The summed E-state index contributed by atoms with van der Waals surface area (Å²) >= 11 is 5.43. The number of nitrogen functional groups attached to an aromatic ring is 1. The molecule has 0 spiro atoms. The number of aryl methyl sites for hydroxylation is 1. The van der Waals surface area contributed by atoms with Crippen LogP contribution < -0.4 is 5.73 Å². The average molecular weight is 217 g/mol. The maximum absolute atomic E-state index is 9.65. The number of alkyl halides is 1. The van der Waals surface area contributed by atoms with E-state index < -0.39 is 12.2 Å². The Balaban J connectivity index is 2.95. The minimum atomic E-state index is -1.01. The summed E-state index contributed by atoms with van der Waals surface area (Å²) in [5.41, 5.74) is 6.79. The van der Waals surface area contributed by atoms with E-state index in [4.69, 9.17) is 17.3 Å². The van der Waals surface area contributed by atoms with Gasteiger partial charge in [0.15, 0.2) is 0 Å². The third kappa shape index (κ3) is 2.35. The largest absolute Gasteiger partial charge is 0.389 e. The number of halogens is 1. The lowest BCUT2D eigenvalue weighted by atomic mass is 10.0. The van der Waals surface area contributed by atoms with Crippen LogP contribution in [-0.2, 0) is 0 Å². The van der Waals surface area contributed by atoms with Gasteiger partial charge in [-0.15, -0.1) is 11.6 Å². The predicted molar refractivity (Wildman–Crippen MR) is 55.1 cm³/mol. The Morgan fingerprint density at radius 2 is 2.21 bits per heavy atom. The van der Waals surface area contributed by atoms with Gasteiger partial charge in [0.1, 0.15) is 11.9 Å². The molecule has 0 radical (unpaired) electrons. The van der Waals surface area contributed by atoms with Crippen molar-refractivity contribution in [3.63, 3.8) is 0 Å². The van der Waals surface area contributed by atoms with Crippen molar-refractivity contribution in [2.24, 2.45) is 0 Å². The fourth-order valence-electron chi connectivity index (χ4n) is 1.19. The molecule has 0 aliphatic carbocycles. The van der Waals surface area contributed by atoms with Gasteiger partial charge < -0.3 is 15.9 Å². The van der Waals surface area contributed by atoms with Crippen molar-refractivity contribution < 1.29 is 10.2 Å². The zero-order valence-corrected chi connectivity index (χ0v) is 8.57. The molecule has 5 heteroatoms. The van der Waals surface area contributed by atoms with E-state index in [-0.39, 0.29) is 5.88 Å². The minimum absolute atomic E-state index is 0.0228. The highest BCUT2D eigenvalue weighted by Gasteiger charge is 2.19. The minimum Gasteiger partial charge on any atom is -0.389 e. The Kier molecular flexibility index (Phi) is 3.69. The molecule has 0 aromatic carbocycles. The molecule has 78 valence electrons. The summed E-state index contributed by atoms with van der Waals surface area (Å²) in [6.07, 6.45) is -0.549. The lowest BCUT2D eigenvalue weighted by Gasteiger charge is -2.17. The van der Waals surface area contributed by atoms with Gasteiger partial charge in [-0.25, -0.2) is 4.98 Å². The topological polar surface area (TPSA) is 79.4 Å². The van der Waals surface area contributed by atoms with Crippen molar-refractivity contribution >= 4 is 17.4 Å². The van der Waals surface area contributed by atoms with Crippen LogP contribution in [0.4, 0.5) is 5.82 Å². The summed E-state index contributed by atoms with van der Waals surface area (Å²) < 4.78 is 0. The Hall–Kier alpha value is -0.840. The zero-order valence-electron chi connectivity index (χ0n) is 7.81. The maximum atomic E-state index is 9.65. The van der Waals surface area contributed by atoms with Gasteiger partial charge in [-0.1, -0.05) is 0 Å². The molecule has 14 heavy (non-hydrogen) atoms. The quantitative estimate of drug-likeness (QED) is 0.647. The average Bonchev–Trinajstić information content (AvgIpc) is 2.15. The molecular weight excluding hydrogens is 204 g/mol. The molecule has 0 aliphatic heterocycles. The summed E-state index contributed by atoms with van der Waals surface area (Å²) in [6.45, 7) is 1.79. The van der Waals surface area contributed by atoms with E-state index in [1.807, 2.05) is 0 Å². The van der Waals surface area contributed by atoms with Crippen LogP contribution in [0.5, 0.6) is 0 Å². The number of nitrogens with zero attached hydrogens (tertiary/aromatic N) is 1. The maximum Gasteiger partial charge on any atom is 0.123 e. The number of pyridine rings is 1. The van der Waals surface area contributed by atoms with Crippen molar-refractivity contribution in [3.8, 4) is 0 Å². The normalized spacial score (nSPS) is 15.1. The molecule has 0 aliphatic rings. The highest BCUT2D eigenvalue weighted by molar-refractivity contribution is 6.18. The second-order valence-corrected chi connectivity index (χ2v) is 3.44. The van der Waals surface area contributed by atoms with E-state index in [0.717, 1.165) is 5.56 Å². The summed E-state index contributed by atoms with van der Waals surface area (Å²) in [6, 6.07) is 1.64. The molecule has 4 nitrogen and oxygen atoms in total. The van der Waals surface area contributed by atoms with Crippen LogP contribution in [0, 0.1) is 6.92 Å². The molecule has 4 N–H and O–H groups in total. The van der Waals surface area contributed by atoms with Gasteiger partial charge in [0.2, 0.25) is 0 Å². The number of nitrogens with two attached hydrogens (primary N) is 1. The van der Waals surface area contributed by atoms with Gasteiger partial charge in [-0.05, 0) is 18.6 Å². The van der Waals surface area contributed by atoms with E-state index in [1.165, 1.54) is 6.20 Å². The molecule has 1 aromatic heterocycles. The Morgan fingerprint density at radius 3 is 2.71 bits per heavy atom. The van der Waals surface area contributed by atoms with E-state index in [0.29, 0.717) is 11.4 Å². The molecule has 0 amide bonds. The number of aromatic nitrogens is 1. The first kappa shape index (κ1) is 11.2. The standard InChI is InChI=1S/C9H13ClN2O2/c1-5-2-8(11)12-4-6(5)9(14)7(13)3-10/h2,4,7,9,13-14H,3H2,1H3,(H2,11,12). The SMILES string of the molecule is Cc1cc(N)ncc1C(O)C(O)CCl. The second kappa shape index (κ2) is 4.59. The van der Waals surface area contributed by atoms with Crippen LogP contribution in [0.25, 0.3) is 0 Å². The van der Waals surface area contributed by atoms with E-state index in [9.17, 15) is 10.2 Å². The Bertz CT molecular complexity index is 320. The van der Waals surface area contributed by atoms with Gasteiger partial charge in [0, 0.05) is 11.8 Å². The van der Waals surface area contributed by atoms with Crippen LogP contribution in [-0.4, -0.2) is 27.2 Å². The van der Waals surface area contributed by atoms with Crippen molar-refractivity contribution in [2.75, 3.05) is 11.6 Å². The van der Waals surface area contributed by atoms with E-state index >= 15 is 0 Å². The highest BCUT2D eigenvalue weighted by atomic mass is 35.5. The number of hydrogen-bond donors (Lipinski definition) is 3. The molecule has 0 saturated carbocycles. The predicted octanol–water partition coefficient (Wildman–Crippen LogP) is 0.605. The first-order valence-electron chi connectivity index (χ1n) is 4.20. The van der Waals surface area contributed by atoms with Crippen LogP contribution >= 0.6 is 11.6 Å². The second-order valence-electron chi connectivity index (χ2n) is 3.13. The Morgan fingerprint density at radius 1 is 1.57 bits per heavy atom. The van der Waals surface area contributed by atoms with Gasteiger partial charge in [-0.2, -0.15) is 0 Å². The number of rotatable bonds is 3. The first-order valence-corrected chi connectivity index (χ1v) is 4.73. The summed E-state index contributed by atoms with van der Waals surface area (Å²) in [7, 11) is 0.